The molecule has 0 heterocycles. The molecule has 23 heavy (non-hydrogen) atoms. The van der Waals surface area contributed by atoms with Gasteiger partial charge in [0.05, 0.1) is 10.6 Å². The van der Waals surface area contributed by atoms with Crippen molar-refractivity contribution in [2.75, 3.05) is 5.32 Å². The van der Waals surface area contributed by atoms with E-state index in [1.165, 1.54) is 9.64 Å². The summed E-state index contributed by atoms with van der Waals surface area (Å²) in [6, 6.07) is 8.72. The Morgan fingerprint density at radius 2 is 1.83 bits per heavy atom. The number of amides is 1. The van der Waals surface area contributed by atoms with Gasteiger partial charge in [-0.15, -0.1) is 0 Å². The van der Waals surface area contributed by atoms with Crippen LogP contribution >= 0.6 is 58.0 Å². The fourth-order valence-corrected chi connectivity index (χ4v) is 3.23. The van der Waals surface area contributed by atoms with Gasteiger partial charge >= 0.3 is 0 Å². The molecule has 0 aliphatic rings. The number of carbonyl (C=O) groups is 1. The summed E-state index contributed by atoms with van der Waals surface area (Å²) in [5, 5.41) is 6.61. The third-order valence-electron chi connectivity index (χ3n) is 3.16. The highest BCUT2D eigenvalue weighted by molar-refractivity contribution is 14.1. The number of thiocarbonyl (C=S) groups is 1. The van der Waals surface area contributed by atoms with Crippen LogP contribution in [0.15, 0.2) is 30.3 Å². The summed E-state index contributed by atoms with van der Waals surface area (Å²) < 4.78 is 1.17. The van der Waals surface area contributed by atoms with Crippen molar-refractivity contribution in [3.63, 3.8) is 0 Å². The number of hydrogen-bond acceptors (Lipinski definition) is 2. The lowest BCUT2D eigenvalue weighted by Crippen LogP contribution is -2.34. The number of nitrogens with one attached hydrogen (secondary N) is 2. The second-order valence-electron chi connectivity index (χ2n) is 4.95. The van der Waals surface area contributed by atoms with Crippen LogP contribution in [0.5, 0.6) is 0 Å². The maximum absolute atomic E-state index is 12.2. The van der Waals surface area contributed by atoms with Crippen LogP contribution in [0.1, 0.15) is 21.5 Å². The van der Waals surface area contributed by atoms with Crippen LogP contribution in [-0.2, 0) is 0 Å². The Kier molecular flexibility index (Phi) is 6.25. The quantitative estimate of drug-likeness (QED) is 0.452. The SMILES string of the molecule is Cc1cc(NC(=S)NC(=O)c2ccc(Cl)cc2Cl)c(C)cc1I. The van der Waals surface area contributed by atoms with Gasteiger partial charge in [0, 0.05) is 14.3 Å². The van der Waals surface area contributed by atoms with Crippen molar-refractivity contribution in [1.82, 2.24) is 5.32 Å². The zero-order valence-electron chi connectivity index (χ0n) is 12.3. The molecule has 0 spiro atoms. The van der Waals surface area contributed by atoms with Gasteiger partial charge in [0.1, 0.15) is 0 Å². The lowest BCUT2D eigenvalue weighted by molar-refractivity contribution is 0.0978. The van der Waals surface area contributed by atoms with Crippen LogP contribution in [-0.4, -0.2) is 11.0 Å². The van der Waals surface area contributed by atoms with Crippen LogP contribution < -0.4 is 10.6 Å². The van der Waals surface area contributed by atoms with Crippen molar-refractivity contribution in [1.29, 1.82) is 0 Å². The summed E-state index contributed by atoms with van der Waals surface area (Å²) in [5.74, 6) is -0.385. The molecule has 0 aliphatic heterocycles. The van der Waals surface area contributed by atoms with Gasteiger partial charge in [0.15, 0.2) is 5.11 Å². The second-order valence-corrected chi connectivity index (χ2v) is 7.36. The molecule has 2 aromatic rings. The first-order chi connectivity index (χ1) is 10.8. The molecule has 0 aliphatic carbocycles. The summed E-state index contributed by atoms with van der Waals surface area (Å²) in [6.45, 7) is 3.99. The van der Waals surface area contributed by atoms with Gasteiger partial charge in [-0.1, -0.05) is 23.2 Å². The minimum atomic E-state index is -0.385. The molecule has 0 fully saturated rings. The number of aryl methyl sites for hydroxylation is 2. The molecule has 1 amide bonds. The Morgan fingerprint density at radius 3 is 2.48 bits per heavy atom. The molecule has 2 aromatic carbocycles. The van der Waals surface area contributed by atoms with Crippen LogP contribution in [0.2, 0.25) is 10.0 Å². The Hall–Kier alpha value is -0.890. The summed E-state index contributed by atoms with van der Waals surface area (Å²) >= 11 is 19.3. The summed E-state index contributed by atoms with van der Waals surface area (Å²) in [5.41, 5.74) is 3.35. The first-order valence-corrected chi connectivity index (χ1v) is 8.86. The highest BCUT2D eigenvalue weighted by Crippen LogP contribution is 2.23. The molecule has 3 nitrogen and oxygen atoms in total. The lowest BCUT2D eigenvalue weighted by atomic mass is 10.1. The molecule has 0 radical (unpaired) electrons. The molecular formula is C16H13Cl2IN2OS. The highest BCUT2D eigenvalue weighted by Gasteiger charge is 2.13. The van der Waals surface area contributed by atoms with E-state index in [1.807, 2.05) is 19.9 Å². The number of anilines is 1. The van der Waals surface area contributed by atoms with Crippen molar-refractivity contribution in [3.8, 4) is 0 Å². The summed E-state index contributed by atoms with van der Waals surface area (Å²) in [4.78, 5) is 12.2. The normalized spacial score (nSPS) is 10.3. The van der Waals surface area contributed by atoms with E-state index < -0.39 is 0 Å². The Labute approximate surface area is 163 Å². The molecule has 2 rings (SSSR count). The van der Waals surface area contributed by atoms with E-state index >= 15 is 0 Å². The fourth-order valence-electron chi connectivity index (χ4n) is 1.91. The van der Waals surface area contributed by atoms with Crippen LogP contribution in [0.25, 0.3) is 0 Å². The number of carbonyl (C=O) groups excluding carboxylic acids is 1. The molecule has 0 unspecified atom stereocenters. The fraction of sp³-hybridized carbons (Fsp3) is 0.125. The van der Waals surface area contributed by atoms with E-state index in [0.29, 0.717) is 10.6 Å². The van der Waals surface area contributed by atoms with Gasteiger partial charge in [0.25, 0.3) is 5.91 Å². The van der Waals surface area contributed by atoms with Gasteiger partial charge in [-0.3, -0.25) is 10.1 Å². The minimum Gasteiger partial charge on any atom is -0.332 e. The first kappa shape index (κ1) is 18.4. The minimum absolute atomic E-state index is 0.213. The van der Waals surface area contributed by atoms with Gasteiger partial charge in [0.2, 0.25) is 0 Å². The summed E-state index contributed by atoms with van der Waals surface area (Å²) in [6.07, 6.45) is 0. The third-order valence-corrected chi connectivity index (χ3v) is 5.07. The molecule has 0 saturated carbocycles. The molecule has 7 heteroatoms. The second kappa shape index (κ2) is 7.79. The Morgan fingerprint density at radius 1 is 1.13 bits per heavy atom. The van der Waals surface area contributed by atoms with E-state index in [2.05, 4.69) is 39.3 Å². The predicted molar refractivity (Wildman–Crippen MR) is 109 cm³/mol. The van der Waals surface area contributed by atoms with Crippen molar-refractivity contribution >= 4 is 74.7 Å². The van der Waals surface area contributed by atoms with Crippen molar-refractivity contribution in [3.05, 3.63) is 60.6 Å². The standard InChI is InChI=1S/C16H13Cl2IN2OS/c1-8-6-14(9(2)5-13(8)19)20-16(23)21-15(22)11-4-3-10(17)7-12(11)18/h3-7H,1-2H3,(H2,20,21,22,23). The lowest BCUT2D eigenvalue weighted by Gasteiger charge is -2.14. The van der Waals surface area contributed by atoms with E-state index in [4.69, 9.17) is 35.4 Å². The molecule has 0 aromatic heterocycles. The van der Waals surface area contributed by atoms with E-state index in [-0.39, 0.29) is 16.0 Å². The zero-order chi connectivity index (χ0) is 17.1. The Bertz CT molecular complexity index is 796. The monoisotopic (exact) mass is 478 g/mol. The molecule has 2 N–H and O–H groups in total. The van der Waals surface area contributed by atoms with Crippen LogP contribution in [0, 0.1) is 17.4 Å². The maximum Gasteiger partial charge on any atom is 0.258 e. The first-order valence-electron chi connectivity index (χ1n) is 6.62. The smallest absolute Gasteiger partial charge is 0.258 e. The number of halogens is 3. The molecule has 0 atom stereocenters. The van der Waals surface area contributed by atoms with E-state index in [0.717, 1.165) is 16.8 Å². The number of rotatable bonds is 2. The average Bonchev–Trinajstić information content (AvgIpc) is 2.44. The van der Waals surface area contributed by atoms with Gasteiger partial charge in [-0.05, 0) is 90.1 Å². The van der Waals surface area contributed by atoms with Gasteiger partial charge in [-0.25, -0.2) is 0 Å². The maximum atomic E-state index is 12.2. The van der Waals surface area contributed by atoms with Crippen LogP contribution in [0.4, 0.5) is 5.69 Å². The van der Waals surface area contributed by atoms with E-state index in [1.54, 1.807) is 12.1 Å². The molecular weight excluding hydrogens is 466 g/mol. The number of hydrogen-bond donors (Lipinski definition) is 2. The van der Waals surface area contributed by atoms with Crippen molar-refractivity contribution in [2.45, 2.75) is 13.8 Å². The average molecular weight is 479 g/mol. The molecule has 120 valence electrons. The third kappa shape index (κ3) is 4.79. The van der Waals surface area contributed by atoms with Crippen molar-refractivity contribution < 1.29 is 4.79 Å². The van der Waals surface area contributed by atoms with Crippen LogP contribution in [0.3, 0.4) is 0 Å². The molecule has 0 saturated heterocycles. The predicted octanol–water partition coefficient (Wildman–Crippen LogP) is 5.34. The van der Waals surface area contributed by atoms with Gasteiger partial charge < -0.3 is 5.32 Å². The zero-order valence-corrected chi connectivity index (χ0v) is 16.8. The number of benzene rings is 2. The van der Waals surface area contributed by atoms with E-state index in [9.17, 15) is 4.79 Å². The Balaban J connectivity index is 2.10. The largest absolute Gasteiger partial charge is 0.332 e. The highest BCUT2D eigenvalue weighted by atomic mass is 127. The van der Waals surface area contributed by atoms with Crippen molar-refractivity contribution in [2.24, 2.45) is 0 Å². The molecule has 0 bridgehead atoms. The van der Waals surface area contributed by atoms with Gasteiger partial charge in [-0.2, -0.15) is 0 Å². The topological polar surface area (TPSA) is 41.1 Å². The summed E-state index contributed by atoms with van der Waals surface area (Å²) in [7, 11) is 0.